The van der Waals surface area contributed by atoms with Gasteiger partial charge in [-0.3, -0.25) is 4.21 Å². The van der Waals surface area contributed by atoms with E-state index in [1.54, 1.807) is 0 Å². The molecule has 1 aliphatic rings. The summed E-state index contributed by atoms with van der Waals surface area (Å²) in [7, 11) is -1.21. The zero-order valence-corrected chi connectivity index (χ0v) is 11.9. The number of rotatable bonds is 3. The monoisotopic (exact) mass is 295 g/mol. The van der Waals surface area contributed by atoms with Crippen molar-refractivity contribution >= 4 is 33.4 Å². The van der Waals surface area contributed by atoms with Gasteiger partial charge in [0.05, 0.1) is 21.8 Å². The Morgan fingerprint density at radius 2 is 2.05 bits per heavy atom. The zero-order chi connectivity index (χ0) is 13.2. The average Bonchev–Trinajstić information content (AvgIpc) is 2.90. The van der Waals surface area contributed by atoms with E-state index < -0.39 is 10.8 Å². The first kappa shape index (κ1) is 13.0. The summed E-state index contributed by atoms with van der Waals surface area (Å²) in [5, 5.41) is 3.97. The van der Waals surface area contributed by atoms with Crippen molar-refractivity contribution in [3.8, 4) is 0 Å². The molecule has 3 rings (SSSR count). The van der Waals surface area contributed by atoms with Gasteiger partial charge in [0, 0.05) is 11.8 Å². The molecule has 2 heterocycles. The highest BCUT2D eigenvalue weighted by atomic mass is 35.5. The quantitative estimate of drug-likeness (QED) is 0.942. The van der Waals surface area contributed by atoms with E-state index in [4.69, 9.17) is 11.6 Å². The highest BCUT2D eigenvalue weighted by molar-refractivity contribution is 7.85. The second kappa shape index (κ2) is 5.53. The number of hydrogen-bond donors (Lipinski definition) is 1. The molecule has 100 valence electrons. The van der Waals surface area contributed by atoms with Crippen molar-refractivity contribution in [2.75, 3.05) is 12.3 Å². The van der Waals surface area contributed by atoms with Crippen molar-refractivity contribution in [3.05, 3.63) is 29.4 Å². The Labute approximate surface area is 119 Å². The Kier molecular flexibility index (Phi) is 3.77. The van der Waals surface area contributed by atoms with Crippen LogP contribution in [0.2, 0.25) is 5.15 Å². The number of para-hydroxylation sites is 2. The van der Waals surface area contributed by atoms with Gasteiger partial charge in [0.2, 0.25) is 0 Å². The van der Waals surface area contributed by atoms with E-state index in [0.717, 1.165) is 30.4 Å². The molecule has 0 aliphatic carbocycles. The molecular formula is C13H14ClN3OS. The predicted molar refractivity (Wildman–Crippen MR) is 76.8 cm³/mol. The summed E-state index contributed by atoms with van der Waals surface area (Å²) in [5.74, 6) is 0.548. The van der Waals surface area contributed by atoms with Gasteiger partial charge in [0.15, 0.2) is 10.2 Å². The van der Waals surface area contributed by atoms with E-state index in [0.29, 0.717) is 16.8 Å². The third-order valence-electron chi connectivity index (χ3n) is 3.23. The standard InChI is InChI=1S/C13H14ClN3OS/c14-12-13(19(18)8-9-4-3-7-15-9)17-11-6-2-1-5-10(11)16-12/h1-2,5-6,9,15H,3-4,7-8H2/t9-,19+/m1/s1. The molecule has 0 unspecified atom stereocenters. The lowest BCUT2D eigenvalue weighted by Crippen LogP contribution is -2.27. The number of halogens is 1. The Bertz CT molecular complexity index is 628. The average molecular weight is 296 g/mol. The maximum atomic E-state index is 12.3. The number of aromatic nitrogens is 2. The molecular weight excluding hydrogens is 282 g/mol. The van der Waals surface area contributed by atoms with Crippen LogP contribution in [0.1, 0.15) is 12.8 Å². The molecule has 1 N–H and O–H groups in total. The molecule has 19 heavy (non-hydrogen) atoms. The van der Waals surface area contributed by atoms with Gasteiger partial charge in [-0.2, -0.15) is 0 Å². The first-order valence-electron chi connectivity index (χ1n) is 6.28. The predicted octanol–water partition coefficient (Wildman–Crippen LogP) is 2.14. The van der Waals surface area contributed by atoms with E-state index >= 15 is 0 Å². The summed E-state index contributed by atoms with van der Waals surface area (Å²) in [6, 6.07) is 7.76. The third-order valence-corrected chi connectivity index (χ3v) is 5.03. The summed E-state index contributed by atoms with van der Waals surface area (Å²) in [6.07, 6.45) is 2.20. The molecule has 0 bridgehead atoms. The number of nitrogens with zero attached hydrogens (tertiary/aromatic N) is 2. The minimum absolute atomic E-state index is 0.245. The van der Waals surface area contributed by atoms with Crippen molar-refractivity contribution in [2.24, 2.45) is 0 Å². The van der Waals surface area contributed by atoms with Crippen molar-refractivity contribution in [1.29, 1.82) is 0 Å². The molecule has 2 atom stereocenters. The molecule has 0 saturated carbocycles. The van der Waals surface area contributed by atoms with Gasteiger partial charge in [-0.25, -0.2) is 9.97 Å². The molecule has 0 radical (unpaired) electrons. The van der Waals surface area contributed by atoms with Crippen LogP contribution in [0.5, 0.6) is 0 Å². The van der Waals surface area contributed by atoms with Crippen LogP contribution in [0.3, 0.4) is 0 Å². The fraction of sp³-hybridized carbons (Fsp3) is 0.385. The van der Waals surface area contributed by atoms with Gasteiger partial charge in [0.1, 0.15) is 0 Å². The molecule has 1 fully saturated rings. The maximum absolute atomic E-state index is 12.3. The van der Waals surface area contributed by atoms with Crippen LogP contribution in [0.15, 0.2) is 29.3 Å². The van der Waals surface area contributed by atoms with Crippen molar-refractivity contribution in [2.45, 2.75) is 23.9 Å². The van der Waals surface area contributed by atoms with Crippen LogP contribution in [0.25, 0.3) is 11.0 Å². The molecule has 4 nitrogen and oxygen atoms in total. The minimum atomic E-state index is -1.21. The fourth-order valence-corrected chi connectivity index (χ4v) is 3.90. The number of hydrogen-bond acceptors (Lipinski definition) is 4. The van der Waals surface area contributed by atoms with Gasteiger partial charge in [-0.15, -0.1) is 0 Å². The number of nitrogens with one attached hydrogen (secondary N) is 1. The van der Waals surface area contributed by atoms with Crippen LogP contribution >= 0.6 is 11.6 Å². The van der Waals surface area contributed by atoms with Crippen LogP contribution in [-0.2, 0) is 10.8 Å². The lowest BCUT2D eigenvalue weighted by Gasteiger charge is -2.10. The van der Waals surface area contributed by atoms with E-state index in [2.05, 4.69) is 15.3 Å². The lowest BCUT2D eigenvalue weighted by atomic mass is 10.3. The summed E-state index contributed by atoms with van der Waals surface area (Å²) in [6.45, 7) is 0.999. The second-order valence-corrected chi connectivity index (χ2v) is 6.38. The molecule has 2 aromatic rings. The van der Waals surface area contributed by atoms with Gasteiger partial charge in [-0.05, 0) is 31.5 Å². The first-order valence-corrected chi connectivity index (χ1v) is 7.98. The summed E-state index contributed by atoms with van der Waals surface area (Å²) >= 11 is 6.10. The van der Waals surface area contributed by atoms with Crippen molar-refractivity contribution in [3.63, 3.8) is 0 Å². The zero-order valence-electron chi connectivity index (χ0n) is 10.3. The topological polar surface area (TPSA) is 54.9 Å². The summed E-state index contributed by atoms with van der Waals surface area (Å²) in [5.41, 5.74) is 1.46. The van der Waals surface area contributed by atoms with Crippen LogP contribution in [-0.4, -0.2) is 32.5 Å². The second-order valence-electron chi connectivity index (χ2n) is 4.61. The normalized spacial score (nSPS) is 20.8. The van der Waals surface area contributed by atoms with E-state index in [9.17, 15) is 4.21 Å². The smallest absolute Gasteiger partial charge is 0.165 e. The number of benzene rings is 1. The molecule has 1 aliphatic heterocycles. The van der Waals surface area contributed by atoms with Gasteiger partial charge >= 0.3 is 0 Å². The SMILES string of the molecule is O=[S@@](C[C@H]1CCCN1)c1nc2ccccc2nc1Cl. The van der Waals surface area contributed by atoms with Crippen LogP contribution in [0.4, 0.5) is 0 Å². The molecule has 1 saturated heterocycles. The maximum Gasteiger partial charge on any atom is 0.165 e. The van der Waals surface area contributed by atoms with E-state index in [-0.39, 0.29) is 5.15 Å². The van der Waals surface area contributed by atoms with Gasteiger partial charge in [-0.1, -0.05) is 23.7 Å². The molecule has 1 aromatic heterocycles. The van der Waals surface area contributed by atoms with Crippen LogP contribution in [0, 0.1) is 0 Å². The lowest BCUT2D eigenvalue weighted by molar-refractivity contribution is 0.641. The van der Waals surface area contributed by atoms with Gasteiger partial charge < -0.3 is 5.32 Å². The first-order chi connectivity index (χ1) is 9.24. The Hall–Kier alpha value is -1.04. The Morgan fingerprint density at radius 1 is 1.32 bits per heavy atom. The van der Waals surface area contributed by atoms with Crippen molar-refractivity contribution in [1.82, 2.24) is 15.3 Å². The molecule has 0 amide bonds. The van der Waals surface area contributed by atoms with E-state index in [1.807, 2.05) is 24.3 Å². The van der Waals surface area contributed by atoms with Gasteiger partial charge in [0.25, 0.3) is 0 Å². The van der Waals surface area contributed by atoms with Crippen LogP contribution < -0.4 is 5.32 Å². The highest BCUT2D eigenvalue weighted by Gasteiger charge is 2.21. The summed E-state index contributed by atoms with van der Waals surface area (Å²) in [4.78, 5) is 8.66. The highest BCUT2D eigenvalue weighted by Crippen LogP contribution is 2.21. The summed E-state index contributed by atoms with van der Waals surface area (Å²) < 4.78 is 12.3. The Balaban J connectivity index is 1.90. The Morgan fingerprint density at radius 3 is 2.74 bits per heavy atom. The molecule has 1 aromatic carbocycles. The van der Waals surface area contributed by atoms with E-state index in [1.165, 1.54) is 0 Å². The largest absolute Gasteiger partial charge is 0.313 e. The third kappa shape index (κ3) is 2.78. The number of fused-ring (bicyclic) bond motifs is 1. The minimum Gasteiger partial charge on any atom is -0.313 e. The van der Waals surface area contributed by atoms with Crippen molar-refractivity contribution < 1.29 is 4.21 Å². The molecule has 6 heteroatoms. The fourth-order valence-electron chi connectivity index (χ4n) is 2.27. The molecule has 0 spiro atoms.